The number of carbonyl (C=O) groups is 1. The predicted octanol–water partition coefficient (Wildman–Crippen LogP) is 2.81. The number of thioether (sulfide) groups is 1. The summed E-state index contributed by atoms with van der Waals surface area (Å²) < 4.78 is 10.6. The number of H-pyrrole nitrogens is 1. The van der Waals surface area contributed by atoms with E-state index in [1.54, 1.807) is 14.2 Å². The van der Waals surface area contributed by atoms with Gasteiger partial charge in [-0.05, 0) is 38.0 Å². The van der Waals surface area contributed by atoms with Gasteiger partial charge < -0.3 is 14.8 Å². The minimum Gasteiger partial charge on any atom is -0.493 e. The van der Waals surface area contributed by atoms with Gasteiger partial charge in [-0.25, -0.2) is 10.5 Å². The molecule has 1 saturated carbocycles. The Morgan fingerprint density at radius 2 is 2.03 bits per heavy atom. The van der Waals surface area contributed by atoms with Crippen LogP contribution >= 0.6 is 11.8 Å². The lowest BCUT2D eigenvalue weighted by atomic mass is 10.1. The van der Waals surface area contributed by atoms with Crippen molar-refractivity contribution in [2.24, 2.45) is 5.10 Å². The molecule has 0 atom stereocenters. The average Bonchev–Trinajstić information content (AvgIpc) is 3.41. The van der Waals surface area contributed by atoms with Crippen molar-refractivity contribution in [2.75, 3.05) is 25.4 Å². The van der Waals surface area contributed by atoms with Gasteiger partial charge in [0, 0.05) is 11.6 Å². The van der Waals surface area contributed by atoms with Crippen LogP contribution in [0.25, 0.3) is 0 Å². The SMILES string of the molecule is COc1ccc(/C(C)=N/Nc2nc(SCC(=O)NC3CCCC3)n[nH]2)cc1OC. The van der Waals surface area contributed by atoms with Crippen LogP contribution in [-0.4, -0.2) is 52.8 Å². The number of aromatic nitrogens is 3. The van der Waals surface area contributed by atoms with Crippen LogP contribution < -0.4 is 20.2 Å². The minimum atomic E-state index is 0.0172. The number of hydrogen-bond acceptors (Lipinski definition) is 8. The molecule has 1 fully saturated rings. The Morgan fingerprint density at radius 1 is 1.28 bits per heavy atom. The molecule has 0 spiro atoms. The first-order valence-electron chi connectivity index (χ1n) is 9.46. The van der Waals surface area contributed by atoms with E-state index in [9.17, 15) is 4.79 Å². The van der Waals surface area contributed by atoms with Crippen molar-refractivity contribution in [1.29, 1.82) is 0 Å². The zero-order valence-electron chi connectivity index (χ0n) is 16.8. The van der Waals surface area contributed by atoms with E-state index in [1.165, 1.54) is 24.6 Å². The van der Waals surface area contributed by atoms with Crippen LogP contribution in [0, 0.1) is 0 Å². The third kappa shape index (κ3) is 5.86. The van der Waals surface area contributed by atoms with Crippen LogP contribution in [0.5, 0.6) is 11.5 Å². The molecule has 0 radical (unpaired) electrons. The van der Waals surface area contributed by atoms with E-state index in [1.807, 2.05) is 25.1 Å². The summed E-state index contributed by atoms with van der Waals surface area (Å²) in [6.45, 7) is 1.87. The monoisotopic (exact) mass is 418 g/mol. The second kappa shape index (κ2) is 10.1. The van der Waals surface area contributed by atoms with Gasteiger partial charge in [-0.3, -0.25) is 4.79 Å². The minimum absolute atomic E-state index is 0.0172. The fraction of sp³-hybridized carbons (Fsp3) is 0.474. The Balaban J connectivity index is 1.52. The molecule has 1 heterocycles. The van der Waals surface area contributed by atoms with Crippen LogP contribution in [-0.2, 0) is 4.79 Å². The van der Waals surface area contributed by atoms with Gasteiger partial charge in [0.25, 0.3) is 0 Å². The van der Waals surface area contributed by atoms with E-state index in [4.69, 9.17) is 9.47 Å². The molecule has 1 aromatic heterocycles. The molecular weight excluding hydrogens is 392 g/mol. The molecule has 9 nitrogen and oxygen atoms in total. The largest absolute Gasteiger partial charge is 0.493 e. The molecule has 29 heavy (non-hydrogen) atoms. The Bertz CT molecular complexity index is 863. The van der Waals surface area contributed by atoms with Crippen LogP contribution in [0.3, 0.4) is 0 Å². The van der Waals surface area contributed by atoms with Gasteiger partial charge in [-0.15, -0.1) is 5.10 Å². The van der Waals surface area contributed by atoms with Gasteiger partial charge in [0.1, 0.15) is 0 Å². The van der Waals surface area contributed by atoms with Gasteiger partial charge in [-0.2, -0.15) is 10.1 Å². The molecule has 0 aliphatic heterocycles. The number of amides is 1. The van der Waals surface area contributed by atoms with E-state index in [2.05, 4.69) is 31.0 Å². The van der Waals surface area contributed by atoms with Crippen molar-refractivity contribution in [2.45, 2.75) is 43.8 Å². The number of benzene rings is 1. The summed E-state index contributed by atoms with van der Waals surface area (Å²) >= 11 is 1.29. The van der Waals surface area contributed by atoms with Crippen LogP contribution in [0.15, 0.2) is 28.5 Å². The molecule has 3 rings (SSSR count). The lowest BCUT2D eigenvalue weighted by Gasteiger charge is -2.10. The van der Waals surface area contributed by atoms with Crippen molar-refractivity contribution >= 4 is 29.3 Å². The fourth-order valence-corrected chi connectivity index (χ4v) is 3.70. The lowest BCUT2D eigenvalue weighted by molar-refractivity contribution is -0.119. The Kier molecular flexibility index (Phi) is 7.34. The molecule has 0 bridgehead atoms. The summed E-state index contributed by atoms with van der Waals surface area (Å²) in [6, 6.07) is 5.89. The van der Waals surface area contributed by atoms with Gasteiger partial charge in [-0.1, -0.05) is 24.6 Å². The molecule has 1 aliphatic rings. The standard InChI is InChI=1S/C19H26N6O3S/c1-12(13-8-9-15(27-2)16(10-13)28-3)22-23-18-21-19(25-24-18)29-11-17(26)20-14-6-4-5-7-14/h8-10,14H,4-7,11H2,1-3H3,(H,20,26)(H2,21,23,24,25)/b22-12+. The van der Waals surface area contributed by atoms with E-state index in [0.717, 1.165) is 24.1 Å². The van der Waals surface area contributed by atoms with Crippen molar-refractivity contribution in [3.8, 4) is 11.5 Å². The number of hydrazone groups is 1. The number of hydrogen-bond donors (Lipinski definition) is 3. The second-order valence-corrected chi connectivity index (χ2v) is 7.63. The highest BCUT2D eigenvalue weighted by Gasteiger charge is 2.17. The topological polar surface area (TPSA) is 114 Å². The number of nitrogens with one attached hydrogen (secondary N) is 3. The lowest BCUT2D eigenvalue weighted by Crippen LogP contribution is -2.33. The number of rotatable bonds is 9. The molecule has 1 amide bonds. The maximum atomic E-state index is 12.0. The summed E-state index contributed by atoms with van der Waals surface area (Å²) in [5.41, 5.74) is 4.47. The van der Waals surface area contributed by atoms with Gasteiger partial charge >= 0.3 is 0 Å². The molecule has 0 unspecified atom stereocenters. The first-order valence-corrected chi connectivity index (χ1v) is 10.4. The van der Waals surface area contributed by atoms with Crippen molar-refractivity contribution in [1.82, 2.24) is 20.5 Å². The predicted molar refractivity (Wildman–Crippen MR) is 113 cm³/mol. The van der Waals surface area contributed by atoms with Crippen molar-refractivity contribution in [3.05, 3.63) is 23.8 Å². The van der Waals surface area contributed by atoms with Crippen molar-refractivity contribution < 1.29 is 14.3 Å². The zero-order chi connectivity index (χ0) is 20.6. The molecule has 0 saturated heterocycles. The average molecular weight is 419 g/mol. The van der Waals surface area contributed by atoms with Crippen LogP contribution in [0.1, 0.15) is 38.2 Å². The van der Waals surface area contributed by atoms with Gasteiger partial charge in [0.15, 0.2) is 11.5 Å². The second-order valence-electron chi connectivity index (χ2n) is 6.68. The van der Waals surface area contributed by atoms with Gasteiger partial charge in [0.2, 0.25) is 17.0 Å². The number of methoxy groups -OCH3 is 2. The molecule has 156 valence electrons. The Labute approximate surface area is 174 Å². The van der Waals surface area contributed by atoms with Crippen molar-refractivity contribution in [3.63, 3.8) is 0 Å². The highest BCUT2D eigenvalue weighted by molar-refractivity contribution is 7.99. The summed E-state index contributed by atoms with van der Waals surface area (Å²) in [5, 5.41) is 14.7. The normalized spacial score (nSPS) is 14.7. The number of carbonyl (C=O) groups excluding carboxylic acids is 1. The molecule has 1 aromatic carbocycles. The molecule has 1 aliphatic carbocycles. The first-order chi connectivity index (χ1) is 14.1. The number of anilines is 1. The maximum Gasteiger partial charge on any atom is 0.240 e. The number of ether oxygens (including phenoxy) is 2. The van der Waals surface area contributed by atoms with Gasteiger partial charge in [0.05, 0.1) is 25.7 Å². The fourth-order valence-electron chi connectivity index (χ4n) is 3.09. The molecular formula is C19H26N6O3S. The summed E-state index contributed by atoms with van der Waals surface area (Å²) in [5.74, 6) is 2.01. The zero-order valence-corrected chi connectivity index (χ0v) is 17.6. The third-order valence-corrected chi connectivity index (χ3v) is 5.50. The smallest absolute Gasteiger partial charge is 0.240 e. The quantitative estimate of drug-likeness (QED) is 0.326. The molecule has 3 N–H and O–H groups in total. The first kappa shape index (κ1) is 21.0. The van der Waals surface area contributed by atoms with E-state index < -0.39 is 0 Å². The molecule has 10 heteroatoms. The van der Waals surface area contributed by atoms with E-state index in [0.29, 0.717) is 34.4 Å². The van der Waals surface area contributed by atoms with E-state index in [-0.39, 0.29) is 5.91 Å². The summed E-state index contributed by atoms with van der Waals surface area (Å²) in [6.07, 6.45) is 4.53. The maximum absolute atomic E-state index is 12.0. The highest BCUT2D eigenvalue weighted by atomic mass is 32.2. The van der Waals surface area contributed by atoms with Crippen LogP contribution in [0.4, 0.5) is 5.95 Å². The Hall–Kier alpha value is -2.75. The molecule has 2 aromatic rings. The summed E-state index contributed by atoms with van der Waals surface area (Å²) in [7, 11) is 3.19. The number of nitrogens with zero attached hydrogens (tertiary/aromatic N) is 3. The Morgan fingerprint density at radius 3 is 2.76 bits per heavy atom. The summed E-state index contributed by atoms with van der Waals surface area (Å²) in [4.78, 5) is 16.3. The highest BCUT2D eigenvalue weighted by Crippen LogP contribution is 2.27. The van der Waals surface area contributed by atoms with Crippen LogP contribution in [0.2, 0.25) is 0 Å². The number of aromatic amines is 1. The van der Waals surface area contributed by atoms with E-state index >= 15 is 0 Å². The third-order valence-electron chi connectivity index (χ3n) is 4.65.